The van der Waals surface area contributed by atoms with E-state index in [4.69, 9.17) is 0 Å². The molecular formula is C53H67F2N7O10S2. The number of aliphatic hydroxyl groups excluding tert-OH is 2. The summed E-state index contributed by atoms with van der Waals surface area (Å²) in [5.41, 5.74) is 0.761. The second kappa shape index (κ2) is 24.5. The Morgan fingerprint density at radius 1 is 0.581 bits per heavy atom. The molecule has 4 fully saturated rings. The van der Waals surface area contributed by atoms with Gasteiger partial charge < -0.3 is 36.6 Å². The van der Waals surface area contributed by atoms with Gasteiger partial charge in [0.2, 0.25) is 31.9 Å². The van der Waals surface area contributed by atoms with Gasteiger partial charge in [-0.25, -0.2) is 30.4 Å². The Balaban J connectivity index is 1.04. The highest BCUT2D eigenvalue weighted by Crippen LogP contribution is 2.35. The molecule has 0 bridgehead atoms. The van der Waals surface area contributed by atoms with Crippen LogP contribution in [0.4, 0.5) is 13.6 Å². The fraction of sp³-hybridized carbons (Fsp3) is 0.491. The third-order valence-electron chi connectivity index (χ3n) is 15.2. The van der Waals surface area contributed by atoms with Crippen molar-refractivity contribution in [2.24, 2.45) is 11.8 Å². The molecule has 4 aliphatic rings. The predicted octanol–water partition coefficient (Wildman–Crippen LogP) is 3.86. The zero-order valence-electron chi connectivity index (χ0n) is 41.1. The maximum Gasteiger partial charge on any atom is 0.408 e. The Hall–Kier alpha value is -5.39. The van der Waals surface area contributed by atoms with Crippen molar-refractivity contribution in [1.29, 1.82) is 0 Å². The molecular weight excluding hydrogens is 997 g/mol. The molecule has 2 heterocycles. The van der Waals surface area contributed by atoms with Crippen molar-refractivity contribution in [3.8, 4) is 0 Å². The molecule has 10 unspecified atom stereocenters. The number of carbonyl (C=O) groups is 3. The maximum atomic E-state index is 15.0. The number of carbonyl (C=O) groups excluding carboxylic acids is 2. The second-order valence-electron chi connectivity index (χ2n) is 20.1. The lowest BCUT2D eigenvalue weighted by molar-refractivity contribution is -0.132. The number of rotatable bonds is 20. The number of amides is 3. The Morgan fingerprint density at radius 2 is 0.959 bits per heavy atom. The van der Waals surface area contributed by atoms with Gasteiger partial charge in [0.25, 0.3) is 0 Å². The Bertz CT molecular complexity index is 2570. The van der Waals surface area contributed by atoms with Crippen molar-refractivity contribution in [2.75, 3.05) is 39.3 Å². The number of nitrogens with zero attached hydrogens (tertiary/aromatic N) is 3. The van der Waals surface area contributed by atoms with Crippen LogP contribution in [0.15, 0.2) is 119 Å². The van der Waals surface area contributed by atoms with Gasteiger partial charge in [-0.2, -0.15) is 8.61 Å². The smallest absolute Gasteiger partial charge is 0.408 e. The number of benzene rings is 4. The van der Waals surface area contributed by atoms with Gasteiger partial charge in [-0.1, -0.05) is 60.7 Å². The van der Waals surface area contributed by atoms with Gasteiger partial charge in [0.05, 0.1) is 22.0 Å². The number of hydrogen-bond donors (Lipinski definition) is 7. The van der Waals surface area contributed by atoms with Crippen LogP contribution in [-0.2, 0) is 42.5 Å². The minimum atomic E-state index is -3.84. The van der Waals surface area contributed by atoms with Gasteiger partial charge in [-0.3, -0.25) is 14.5 Å². The lowest BCUT2D eigenvalue weighted by Gasteiger charge is -2.37. The molecule has 2 saturated carbocycles. The molecule has 21 heteroatoms. The first-order chi connectivity index (χ1) is 35.5. The van der Waals surface area contributed by atoms with Crippen LogP contribution in [0.25, 0.3) is 0 Å². The summed E-state index contributed by atoms with van der Waals surface area (Å²) in [6.07, 6.45) is -1.48. The van der Waals surface area contributed by atoms with Gasteiger partial charge in [0, 0.05) is 76.3 Å². The zero-order chi connectivity index (χ0) is 52.6. The van der Waals surface area contributed by atoms with E-state index in [1.165, 1.54) is 57.1 Å². The van der Waals surface area contributed by atoms with E-state index < -0.39 is 98.0 Å². The van der Waals surface area contributed by atoms with Crippen LogP contribution in [0.3, 0.4) is 0 Å². The standard InChI is InChI=1S/C53H67F2N7O10S2/c54-39-17-11-35(12-18-39)27-49(51(65)58-47-31-43(63)29-37(47)15-21-41-33-56-23-25-60(41)73(69,70)45-7-3-1-4-8-45)62(53(67)68)50(28-36-13-19-40(55)20-14-36)52(66)59-48-32-44(64)30-38(48)16-22-42-34-57-24-26-61(42)74(71,72)46-9-5-2-6-10-46/h1-14,17-20,37-38,41-44,47-50,56-57,63-64H,15-16,21-34H2,(H,58,65)(H,59,66)(H,67,68). The molecule has 3 amide bonds. The van der Waals surface area contributed by atoms with E-state index in [0.29, 0.717) is 63.0 Å². The van der Waals surface area contributed by atoms with Gasteiger partial charge >= 0.3 is 6.09 Å². The van der Waals surface area contributed by atoms with Gasteiger partial charge in [0.15, 0.2) is 0 Å². The van der Waals surface area contributed by atoms with Gasteiger partial charge in [-0.15, -0.1) is 0 Å². The molecule has 0 aromatic heterocycles. The number of aliphatic hydroxyl groups is 2. The van der Waals surface area contributed by atoms with E-state index >= 15 is 0 Å². The fourth-order valence-electron chi connectivity index (χ4n) is 11.4. The third kappa shape index (κ3) is 13.3. The van der Waals surface area contributed by atoms with Crippen LogP contribution in [0.1, 0.15) is 62.5 Å². The van der Waals surface area contributed by atoms with Crippen molar-refractivity contribution in [1.82, 2.24) is 34.8 Å². The van der Waals surface area contributed by atoms with Crippen molar-refractivity contribution >= 4 is 38.0 Å². The molecule has 2 saturated heterocycles. The molecule has 4 aromatic carbocycles. The zero-order valence-corrected chi connectivity index (χ0v) is 42.7. The lowest BCUT2D eigenvalue weighted by Crippen LogP contribution is -2.61. The average molecular weight is 1060 g/mol. The molecule has 0 spiro atoms. The summed E-state index contributed by atoms with van der Waals surface area (Å²) in [5.74, 6) is -3.39. The summed E-state index contributed by atoms with van der Waals surface area (Å²) in [6.45, 7) is 2.20. The van der Waals surface area contributed by atoms with Gasteiger partial charge in [0.1, 0.15) is 23.7 Å². The second-order valence-corrected chi connectivity index (χ2v) is 23.9. The fourth-order valence-corrected chi connectivity index (χ4v) is 14.8. The number of sulfonamides is 2. The third-order valence-corrected chi connectivity index (χ3v) is 19.1. The molecule has 7 N–H and O–H groups in total. The highest BCUT2D eigenvalue weighted by Gasteiger charge is 2.45. The average Bonchev–Trinajstić information content (AvgIpc) is 3.94. The Labute approximate surface area is 431 Å². The summed E-state index contributed by atoms with van der Waals surface area (Å²) in [5, 5.41) is 45.9. The van der Waals surface area contributed by atoms with Crippen LogP contribution >= 0.6 is 0 Å². The number of carboxylic acid groups (broad SMARTS) is 1. The summed E-state index contributed by atoms with van der Waals surface area (Å²) in [4.78, 5) is 44.9. The number of piperazine rings is 2. The van der Waals surface area contributed by atoms with Crippen molar-refractivity contribution in [3.05, 3.63) is 132 Å². The molecule has 10 atom stereocenters. The molecule has 2 aliphatic carbocycles. The van der Waals surface area contributed by atoms with Crippen molar-refractivity contribution in [3.63, 3.8) is 0 Å². The summed E-state index contributed by atoms with van der Waals surface area (Å²) < 4.78 is 86.7. The monoisotopic (exact) mass is 1060 g/mol. The normalized spacial score (nSPS) is 25.7. The largest absolute Gasteiger partial charge is 0.465 e. The van der Waals surface area contributed by atoms with E-state index in [-0.39, 0.29) is 73.2 Å². The van der Waals surface area contributed by atoms with Crippen molar-refractivity contribution < 1.29 is 55.3 Å². The molecule has 17 nitrogen and oxygen atoms in total. The topological polar surface area (TPSA) is 238 Å². The van der Waals surface area contributed by atoms with Crippen LogP contribution in [0.5, 0.6) is 0 Å². The predicted molar refractivity (Wildman–Crippen MR) is 271 cm³/mol. The SMILES string of the molecule is O=C(NC1CC(O)CC1CCC1CNCCN1S(=O)(=O)c1ccccc1)C(Cc1ccc(F)cc1)N(C(=O)O)C(Cc1ccc(F)cc1)C(=O)NC1CC(O)CC1CCC1CNCCN1S(=O)(=O)c1ccccc1. The van der Waals surface area contributed by atoms with Crippen molar-refractivity contribution in [2.45, 2.75) is 122 Å². The van der Waals surface area contributed by atoms with Crippen LogP contribution in [0, 0.1) is 23.5 Å². The lowest BCUT2D eigenvalue weighted by atomic mass is 9.93. The molecule has 400 valence electrons. The molecule has 2 aliphatic heterocycles. The van der Waals surface area contributed by atoms with E-state index in [9.17, 15) is 55.3 Å². The van der Waals surface area contributed by atoms with E-state index in [1.54, 1.807) is 60.7 Å². The van der Waals surface area contributed by atoms with E-state index in [2.05, 4.69) is 21.3 Å². The van der Waals surface area contributed by atoms with E-state index in [1.807, 2.05) is 0 Å². The quantitative estimate of drug-likeness (QED) is 0.0669. The van der Waals surface area contributed by atoms with E-state index in [0.717, 1.165) is 4.90 Å². The molecule has 8 rings (SSSR count). The highest BCUT2D eigenvalue weighted by molar-refractivity contribution is 7.89. The molecule has 0 radical (unpaired) electrons. The number of nitrogens with one attached hydrogen (secondary N) is 4. The minimum absolute atomic E-state index is 0.124. The highest BCUT2D eigenvalue weighted by atomic mass is 32.2. The summed E-state index contributed by atoms with van der Waals surface area (Å²) in [6, 6.07) is 21.3. The Kier molecular flexibility index (Phi) is 18.2. The van der Waals surface area contributed by atoms with Crippen LogP contribution in [0.2, 0.25) is 0 Å². The van der Waals surface area contributed by atoms with Crippen LogP contribution in [-0.4, -0.2) is 151 Å². The van der Waals surface area contributed by atoms with Gasteiger partial charge in [-0.05, 0) is 123 Å². The first-order valence-corrected chi connectivity index (χ1v) is 28.4. The molecule has 74 heavy (non-hydrogen) atoms. The molecule has 4 aromatic rings. The summed E-state index contributed by atoms with van der Waals surface area (Å²) >= 11 is 0. The summed E-state index contributed by atoms with van der Waals surface area (Å²) in [7, 11) is -7.67. The van der Waals surface area contributed by atoms with Crippen LogP contribution < -0.4 is 21.3 Å². The first-order valence-electron chi connectivity index (χ1n) is 25.5. The Morgan fingerprint density at radius 3 is 1.32 bits per heavy atom. The maximum absolute atomic E-state index is 15.0. The number of halogens is 2. The minimum Gasteiger partial charge on any atom is -0.465 e. The first kappa shape index (κ1) is 54.9. The number of hydrogen-bond acceptors (Lipinski definition) is 11.